The van der Waals surface area contributed by atoms with Gasteiger partial charge in [0.25, 0.3) is 5.56 Å². The third kappa shape index (κ3) is 4.31. The Kier molecular flexibility index (Phi) is 5.78. The Labute approximate surface area is 128 Å². The number of anilines is 1. The highest BCUT2D eigenvalue weighted by atomic mass is 35.5. The molecule has 0 unspecified atom stereocenters. The Balaban J connectivity index is 2.06. The first-order valence-electron chi connectivity index (χ1n) is 6.84. The van der Waals surface area contributed by atoms with Crippen LogP contribution in [0.5, 0.6) is 0 Å². The number of benzene rings is 1. The fourth-order valence-corrected chi connectivity index (χ4v) is 2.05. The van der Waals surface area contributed by atoms with Gasteiger partial charge in [-0.1, -0.05) is 42.8 Å². The number of ether oxygens (including phenoxy) is 1. The molecule has 0 aliphatic rings. The van der Waals surface area contributed by atoms with E-state index in [2.05, 4.69) is 22.4 Å². The maximum absolute atomic E-state index is 11.4. The van der Waals surface area contributed by atoms with Crippen molar-refractivity contribution in [2.45, 2.75) is 26.5 Å². The fraction of sp³-hybridized carbons (Fsp3) is 0.333. The first-order chi connectivity index (χ1) is 10.2. The molecule has 0 saturated carbocycles. The Morgan fingerprint density at radius 3 is 2.86 bits per heavy atom. The number of nitrogens with zero attached hydrogens (tertiary/aromatic N) is 1. The zero-order valence-corrected chi connectivity index (χ0v) is 12.6. The van der Waals surface area contributed by atoms with E-state index in [0.29, 0.717) is 18.8 Å². The summed E-state index contributed by atoms with van der Waals surface area (Å²) < 4.78 is 5.58. The predicted octanol–water partition coefficient (Wildman–Crippen LogP) is 2.96. The zero-order valence-electron chi connectivity index (χ0n) is 11.9. The van der Waals surface area contributed by atoms with Crippen LogP contribution in [0.3, 0.4) is 0 Å². The molecule has 6 heteroatoms. The second kappa shape index (κ2) is 7.81. The topological polar surface area (TPSA) is 67.0 Å². The van der Waals surface area contributed by atoms with E-state index in [-0.39, 0.29) is 5.02 Å². The van der Waals surface area contributed by atoms with E-state index in [9.17, 15) is 4.79 Å². The van der Waals surface area contributed by atoms with Crippen LogP contribution in [-0.4, -0.2) is 16.8 Å². The molecule has 1 aromatic heterocycles. The van der Waals surface area contributed by atoms with Gasteiger partial charge in [-0.05, 0) is 17.5 Å². The molecule has 2 aromatic rings. The summed E-state index contributed by atoms with van der Waals surface area (Å²) in [5.74, 6) is 0. The van der Waals surface area contributed by atoms with Crippen molar-refractivity contribution in [1.82, 2.24) is 10.2 Å². The van der Waals surface area contributed by atoms with Gasteiger partial charge in [-0.2, -0.15) is 5.10 Å². The minimum absolute atomic E-state index is 0.115. The van der Waals surface area contributed by atoms with Gasteiger partial charge in [-0.3, -0.25) is 4.79 Å². The molecule has 0 spiro atoms. The molecule has 112 valence electrons. The molecule has 0 saturated heterocycles. The number of aromatic amines is 1. The van der Waals surface area contributed by atoms with Crippen LogP contribution in [0.25, 0.3) is 0 Å². The summed E-state index contributed by atoms with van der Waals surface area (Å²) in [5.41, 5.74) is 2.34. The highest BCUT2D eigenvalue weighted by Gasteiger charge is 2.06. The average Bonchev–Trinajstić information content (AvgIpc) is 2.50. The van der Waals surface area contributed by atoms with E-state index < -0.39 is 5.56 Å². The minimum atomic E-state index is -0.402. The van der Waals surface area contributed by atoms with Gasteiger partial charge in [0.15, 0.2) is 0 Å². The van der Waals surface area contributed by atoms with Crippen molar-refractivity contribution in [1.29, 1.82) is 0 Å². The summed E-state index contributed by atoms with van der Waals surface area (Å²) in [5, 5.41) is 9.26. The molecular formula is C15H18ClN3O2. The maximum Gasteiger partial charge on any atom is 0.285 e. The fourth-order valence-electron chi connectivity index (χ4n) is 1.89. The third-order valence-corrected chi connectivity index (χ3v) is 3.36. The lowest BCUT2D eigenvalue weighted by Gasteiger charge is -2.12. The van der Waals surface area contributed by atoms with Crippen LogP contribution < -0.4 is 10.9 Å². The maximum atomic E-state index is 11.4. The van der Waals surface area contributed by atoms with Crippen molar-refractivity contribution in [3.8, 4) is 0 Å². The summed E-state index contributed by atoms with van der Waals surface area (Å²) in [6.07, 6.45) is 2.49. The van der Waals surface area contributed by atoms with Gasteiger partial charge in [0.1, 0.15) is 5.02 Å². The Morgan fingerprint density at radius 1 is 1.33 bits per heavy atom. The molecular weight excluding hydrogens is 290 g/mol. The van der Waals surface area contributed by atoms with Gasteiger partial charge >= 0.3 is 0 Å². The second-order valence-electron chi connectivity index (χ2n) is 4.60. The van der Waals surface area contributed by atoms with Crippen LogP contribution >= 0.6 is 11.6 Å². The Bertz CT molecular complexity index is 643. The van der Waals surface area contributed by atoms with Crippen LogP contribution in [0.4, 0.5) is 5.69 Å². The highest BCUT2D eigenvalue weighted by Crippen LogP contribution is 2.17. The van der Waals surface area contributed by atoms with E-state index in [4.69, 9.17) is 16.3 Å². The van der Waals surface area contributed by atoms with Gasteiger partial charge in [0.05, 0.1) is 18.5 Å². The van der Waals surface area contributed by atoms with E-state index in [0.717, 1.165) is 24.2 Å². The smallest absolute Gasteiger partial charge is 0.285 e. The molecule has 0 radical (unpaired) electrons. The SMILES string of the molecule is CCCOCc1ccccc1CNc1cn[nH]c(=O)c1Cl. The largest absolute Gasteiger partial charge is 0.378 e. The lowest BCUT2D eigenvalue weighted by Crippen LogP contribution is -2.12. The molecule has 1 heterocycles. The monoisotopic (exact) mass is 307 g/mol. The van der Waals surface area contributed by atoms with Crippen molar-refractivity contribution in [3.05, 3.63) is 57.0 Å². The van der Waals surface area contributed by atoms with E-state index in [1.165, 1.54) is 6.20 Å². The highest BCUT2D eigenvalue weighted by molar-refractivity contribution is 6.32. The van der Waals surface area contributed by atoms with Gasteiger partial charge < -0.3 is 10.1 Å². The second-order valence-corrected chi connectivity index (χ2v) is 4.98. The van der Waals surface area contributed by atoms with E-state index >= 15 is 0 Å². The van der Waals surface area contributed by atoms with Crippen molar-refractivity contribution >= 4 is 17.3 Å². The van der Waals surface area contributed by atoms with Crippen LogP contribution in [0, 0.1) is 0 Å². The van der Waals surface area contributed by atoms with Crippen molar-refractivity contribution in [2.75, 3.05) is 11.9 Å². The summed E-state index contributed by atoms with van der Waals surface area (Å²) in [7, 11) is 0. The molecule has 0 amide bonds. The number of hydrogen-bond acceptors (Lipinski definition) is 4. The number of nitrogens with one attached hydrogen (secondary N) is 2. The predicted molar refractivity (Wildman–Crippen MR) is 83.6 cm³/mol. The number of aromatic nitrogens is 2. The van der Waals surface area contributed by atoms with Crippen molar-refractivity contribution in [2.24, 2.45) is 0 Å². The molecule has 0 bridgehead atoms. The number of halogens is 1. The summed E-state index contributed by atoms with van der Waals surface area (Å²) in [4.78, 5) is 11.4. The van der Waals surface area contributed by atoms with Gasteiger partial charge in [0.2, 0.25) is 0 Å². The molecule has 5 nitrogen and oxygen atoms in total. The Hall–Kier alpha value is -1.85. The molecule has 0 aliphatic heterocycles. The third-order valence-electron chi connectivity index (χ3n) is 2.99. The van der Waals surface area contributed by atoms with E-state index in [1.807, 2.05) is 24.3 Å². The molecule has 21 heavy (non-hydrogen) atoms. The Morgan fingerprint density at radius 2 is 2.10 bits per heavy atom. The van der Waals surface area contributed by atoms with Crippen molar-refractivity contribution in [3.63, 3.8) is 0 Å². The summed E-state index contributed by atoms with van der Waals surface area (Å²) >= 11 is 5.93. The normalized spacial score (nSPS) is 10.6. The first-order valence-corrected chi connectivity index (χ1v) is 7.21. The number of H-pyrrole nitrogens is 1. The molecule has 2 N–H and O–H groups in total. The van der Waals surface area contributed by atoms with Crippen LogP contribution in [0.1, 0.15) is 24.5 Å². The van der Waals surface area contributed by atoms with Crippen LogP contribution in [0.15, 0.2) is 35.3 Å². The zero-order chi connectivity index (χ0) is 15.1. The van der Waals surface area contributed by atoms with E-state index in [1.54, 1.807) is 0 Å². The van der Waals surface area contributed by atoms with Gasteiger partial charge in [0, 0.05) is 13.2 Å². The number of rotatable bonds is 7. The lowest BCUT2D eigenvalue weighted by atomic mass is 10.1. The molecule has 2 rings (SSSR count). The standard InChI is InChI=1S/C15H18ClN3O2/c1-2-7-21-10-12-6-4-3-5-11(12)8-17-13-9-18-19-15(20)14(13)16/h3-6,9H,2,7-8,10H2,1H3,(H2,17,19,20). The summed E-state index contributed by atoms with van der Waals surface area (Å²) in [6, 6.07) is 8.00. The molecule has 0 fully saturated rings. The van der Waals surface area contributed by atoms with Crippen molar-refractivity contribution < 1.29 is 4.74 Å². The lowest BCUT2D eigenvalue weighted by molar-refractivity contribution is 0.121. The summed E-state index contributed by atoms with van der Waals surface area (Å²) in [6.45, 7) is 3.95. The molecule has 0 atom stereocenters. The average molecular weight is 308 g/mol. The van der Waals surface area contributed by atoms with Crippen LogP contribution in [0.2, 0.25) is 5.02 Å². The molecule has 0 aliphatic carbocycles. The van der Waals surface area contributed by atoms with Gasteiger partial charge in [-0.25, -0.2) is 5.10 Å². The molecule has 1 aromatic carbocycles. The van der Waals surface area contributed by atoms with Crippen LogP contribution in [-0.2, 0) is 17.9 Å². The minimum Gasteiger partial charge on any atom is -0.378 e. The first kappa shape index (κ1) is 15.5. The quantitative estimate of drug-likeness (QED) is 0.772. The number of hydrogen-bond donors (Lipinski definition) is 2. The van der Waals surface area contributed by atoms with Gasteiger partial charge in [-0.15, -0.1) is 0 Å².